The number of aliphatic hydroxyl groups is 1. The van der Waals surface area contributed by atoms with Gasteiger partial charge in [-0.25, -0.2) is 4.79 Å². The van der Waals surface area contributed by atoms with E-state index in [9.17, 15) is 14.7 Å². The molecule has 0 radical (unpaired) electrons. The molecule has 0 bridgehead atoms. The van der Waals surface area contributed by atoms with Crippen LogP contribution in [0.15, 0.2) is 23.9 Å². The quantitative estimate of drug-likeness (QED) is 0.670. The van der Waals surface area contributed by atoms with Crippen LogP contribution in [0.5, 0.6) is 0 Å². The summed E-state index contributed by atoms with van der Waals surface area (Å²) >= 11 is 0. The van der Waals surface area contributed by atoms with Gasteiger partial charge in [0.1, 0.15) is 11.1 Å². The summed E-state index contributed by atoms with van der Waals surface area (Å²) in [4.78, 5) is 25.0. The van der Waals surface area contributed by atoms with E-state index in [1.165, 1.54) is 0 Å². The number of esters is 1. The Morgan fingerprint density at radius 2 is 2.14 bits per heavy atom. The van der Waals surface area contributed by atoms with Crippen molar-refractivity contribution in [2.45, 2.75) is 46.1 Å². The molecule has 1 aliphatic heterocycles. The maximum absolute atomic E-state index is 12.9. The predicted molar refractivity (Wildman–Crippen MR) is 83.3 cm³/mol. The van der Waals surface area contributed by atoms with Gasteiger partial charge in [0.15, 0.2) is 11.5 Å². The van der Waals surface area contributed by atoms with Gasteiger partial charge in [-0.05, 0) is 44.7 Å². The van der Waals surface area contributed by atoms with E-state index in [1.807, 2.05) is 6.92 Å². The standard InChI is InChI=1S/C17H23NO4/c1-5-22-16(21)13-14(19)12-7-6-10-18(12)17(4,15(13)20)9-8-11(2)3/h6-7,10-11,19H,5,8-9H2,1-4H3. The first-order chi connectivity index (χ1) is 10.3. The Balaban J connectivity index is 2.52. The molecule has 0 saturated carbocycles. The summed E-state index contributed by atoms with van der Waals surface area (Å²) in [5.41, 5.74) is -0.634. The van der Waals surface area contributed by atoms with E-state index in [0.717, 1.165) is 6.42 Å². The fraction of sp³-hybridized carbons (Fsp3) is 0.529. The summed E-state index contributed by atoms with van der Waals surface area (Å²) in [5, 5.41) is 10.3. The third-order valence-corrected chi connectivity index (χ3v) is 4.16. The zero-order valence-corrected chi connectivity index (χ0v) is 13.5. The van der Waals surface area contributed by atoms with E-state index < -0.39 is 11.5 Å². The molecule has 1 aliphatic rings. The van der Waals surface area contributed by atoms with Crippen molar-refractivity contribution in [3.8, 4) is 0 Å². The number of nitrogens with zero attached hydrogens (tertiary/aromatic N) is 1. The number of Topliss-reactive ketones (excluding diaryl/α,β-unsaturated/α-hetero) is 1. The lowest BCUT2D eigenvalue weighted by Gasteiger charge is -2.36. The van der Waals surface area contributed by atoms with Crippen molar-refractivity contribution in [2.24, 2.45) is 5.92 Å². The number of aliphatic hydroxyl groups excluding tert-OH is 1. The average Bonchev–Trinajstić information content (AvgIpc) is 2.94. The number of fused-ring (bicyclic) bond motifs is 1. The second-order valence-electron chi connectivity index (χ2n) is 6.24. The van der Waals surface area contributed by atoms with Crippen molar-refractivity contribution in [2.75, 3.05) is 6.61 Å². The lowest BCUT2D eigenvalue weighted by molar-refractivity contribution is -0.141. The zero-order valence-electron chi connectivity index (χ0n) is 13.5. The number of hydrogen-bond donors (Lipinski definition) is 1. The van der Waals surface area contributed by atoms with E-state index in [2.05, 4.69) is 13.8 Å². The number of aromatic nitrogens is 1. The summed E-state index contributed by atoms with van der Waals surface area (Å²) in [6.45, 7) is 7.82. The van der Waals surface area contributed by atoms with Gasteiger partial charge in [-0.15, -0.1) is 0 Å². The second kappa shape index (κ2) is 5.99. The molecule has 120 valence electrons. The Hall–Kier alpha value is -2.04. The molecule has 1 unspecified atom stereocenters. The fourth-order valence-electron chi connectivity index (χ4n) is 2.81. The Bertz CT molecular complexity index is 626. The SMILES string of the molecule is CCOC(=O)C1=C(O)c2cccn2C(C)(CCC(C)C)C1=O. The third kappa shape index (κ3) is 2.56. The number of hydrogen-bond acceptors (Lipinski definition) is 4. The van der Waals surface area contributed by atoms with Gasteiger partial charge in [-0.3, -0.25) is 4.79 Å². The van der Waals surface area contributed by atoms with Crippen LogP contribution in [0, 0.1) is 5.92 Å². The van der Waals surface area contributed by atoms with Crippen molar-refractivity contribution < 1.29 is 19.4 Å². The third-order valence-electron chi connectivity index (χ3n) is 4.16. The number of rotatable bonds is 5. The molecule has 2 heterocycles. The molecule has 5 nitrogen and oxygen atoms in total. The summed E-state index contributed by atoms with van der Waals surface area (Å²) in [6.07, 6.45) is 3.21. The molecule has 0 fully saturated rings. The molecular formula is C17H23NO4. The summed E-state index contributed by atoms with van der Waals surface area (Å²) < 4.78 is 6.71. The highest BCUT2D eigenvalue weighted by atomic mass is 16.5. The van der Waals surface area contributed by atoms with Crippen LogP contribution in [0.1, 0.15) is 46.2 Å². The van der Waals surface area contributed by atoms with Crippen LogP contribution in [0.25, 0.3) is 5.76 Å². The van der Waals surface area contributed by atoms with Gasteiger partial charge in [-0.1, -0.05) is 13.8 Å². The number of ketones is 1. The van der Waals surface area contributed by atoms with Crippen LogP contribution >= 0.6 is 0 Å². The largest absolute Gasteiger partial charge is 0.505 e. The number of carbonyl (C=O) groups is 2. The van der Waals surface area contributed by atoms with Gasteiger partial charge in [0.25, 0.3) is 0 Å². The Kier molecular flexibility index (Phi) is 4.44. The molecule has 2 rings (SSSR count). The molecule has 5 heteroatoms. The van der Waals surface area contributed by atoms with Crippen LogP contribution in [0.2, 0.25) is 0 Å². The van der Waals surface area contributed by atoms with E-state index in [0.29, 0.717) is 18.0 Å². The van der Waals surface area contributed by atoms with Crippen LogP contribution in [-0.2, 0) is 19.9 Å². The number of carbonyl (C=O) groups excluding carboxylic acids is 2. The first-order valence-electron chi connectivity index (χ1n) is 7.66. The van der Waals surface area contributed by atoms with E-state index in [-0.39, 0.29) is 23.7 Å². The summed E-state index contributed by atoms with van der Waals surface area (Å²) in [7, 11) is 0. The molecule has 0 aliphatic carbocycles. The molecule has 0 spiro atoms. The lowest BCUT2D eigenvalue weighted by atomic mass is 9.81. The zero-order chi connectivity index (χ0) is 16.5. The van der Waals surface area contributed by atoms with Gasteiger partial charge >= 0.3 is 5.97 Å². The fourth-order valence-corrected chi connectivity index (χ4v) is 2.81. The maximum Gasteiger partial charge on any atom is 0.345 e. The molecule has 1 atom stereocenters. The predicted octanol–water partition coefficient (Wildman–Crippen LogP) is 3.05. The van der Waals surface area contributed by atoms with Crippen molar-refractivity contribution in [1.29, 1.82) is 0 Å². The first-order valence-corrected chi connectivity index (χ1v) is 7.66. The highest BCUT2D eigenvalue weighted by molar-refractivity contribution is 6.25. The van der Waals surface area contributed by atoms with Crippen molar-refractivity contribution in [1.82, 2.24) is 4.57 Å². The van der Waals surface area contributed by atoms with Gasteiger partial charge in [0, 0.05) is 6.20 Å². The van der Waals surface area contributed by atoms with Crippen LogP contribution < -0.4 is 0 Å². The Morgan fingerprint density at radius 3 is 2.73 bits per heavy atom. The van der Waals surface area contributed by atoms with Gasteiger partial charge in [0.2, 0.25) is 0 Å². The van der Waals surface area contributed by atoms with Crippen molar-refractivity contribution in [3.05, 3.63) is 29.6 Å². The normalized spacial score (nSPS) is 21.2. The molecule has 1 aromatic heterocycles. The van der Waals surface area contributed by atoms with E-state index in [4.69, 9.17) is 4.74 Å². The maximum atomic E-state index is 12.9. The van der Waals surface area contributed by atoms with Gasteiger partial charge < -0.3 is 14.4 Å². The molecule has 22 heavy (non-hydrogen) atoms. The summed E-state index contributed by atoms with van der Waals surface area (Å²) in [6, 6.07) is 3.47. The minimum atomic E-state index is -0.878. The number of ether oxygens (including phenoxy) is 1. The monoisotopic (exact) mass is 305 g/mol. The van der Waals surface area contributed by atoms with Crippen molar-refractivity contribution in [3.63, 3.8) is 0 Å². The molecule has 0 saturated heterocycles. The first kappa shape index (κ1) is 16.3. The Morgan fingerprint density at radius 1 is 1.45 bits per heavy atom. The molecule has 0 amide bonds. The minimum absolute atomic E-state index is 0.159. The van der Waals surface area contributed by atoms with Crippen molar-refractivity contribution >= 4 is 17.5 Å². The second-order valence-corrected chi connectivity index (χ2v) is 6.24. The molecular weight excluding hydrogens is 282 g/mol. The lowest BCUT2D eigenvalue weighted by Crippen LogP contribution is -2.45. The van der Waals surface area contributed by atoms with Crippen LogP contribution in [0.4, 0.5) is 0 Å². The highest BCUT2D eigenvalue weighted by Crippen LogP contribution is 2.38. The van der Waals surface area contributed by atoms with Crippen LogP contribution in [0.3, 0.4) is 0 Å². The van der Waals surface area contributed by atoms with Crippen LogP contribution in [-0.4, -0.2) is 28.0 Å². The summed E-state index contributed by atoms with van der Waals surface area (Å²) in [5.74, 6) is -0.995. The van der Waals surface area contributed by atoms with Gasteiger partial charge in [-0.2, -0.15) is 0 Å². The molecule has 1 N–H and O–H groups in total. The van der Waals surface area contributed by atoms with E-state index in [1.54, 1.807) is 29.8 Å². The highest BCUT2D eigenvalue weighted by Gasteiger charge is 2.46. The van der Waals surface area contributed by atoms with Gasteiger partial charge in [0.05, 0.1) is 12.3 Å². The van der Waals surface area contributed by atoms with E-state index >= 15 is 0 Å². The molecule has 1 aromatic rings. The molecule has 0 aromatic carbocycles. The Labute approximate surface area is 130 Å². The smallest absolute Gasteiger partial charge is 0.345 e. The minimum Gasteiger partial charge on any atom is -0.505 e. The average molecular weight is 305 g/mol. The topological polar surface area (TPSA) is 68.5 Å².